The minimum Gasteiger partial charge on any atom is -0.654 e. The van der Waals surface area contributed by atoms with E-state index in [2.05, 4.69) is 84.0 Å². The van der Waals surface area contributed by atoms with Gasteiger partial charge in [-0.25, -0.2) is 4.98 Å². The van der Waals surface area contributed by atoms with E-state index in [1.165, 1.54) is 99.5 Å². The number of rotatable bonds is 14. The van der Waals surface area contributed by atoms with Gasteiger partial charge >= 0.3 is 0 Å². The van der Waals surface area contributed by atoms with Crippen molar-refractivity contribution in [2.75, 3.05) is 11.4 Å². The molecule has 1 aliphatic heterocycles. The second kappa shape index (κ2) is 13.1. The van der Waals surface area contributed by atoms with E-state index in [9.17, 15) is 0 Å². The maximum absolute atomic E-state index is 5.10. The van der Waals surface area contributed by atoms with Crippen LogP contribution in [0.3, 0.4) is 0 Å². The number of unbranched alkanes of at least 4 members (excludes halogenated alkanes) is 10. The molecular formula is C34H44N4. The van der Waals surface area contributed by atoms with Crippen LogP contribution in [0.2, 0.25) is 0 Å². The molecule has 38 heavy (non-hydrogen) atoms. The maximum Gasteiger partial charge on any atom is 0.233 e. The van der Waals surface area contributed by atoms with Gasteiger partial charge in [0.05, 0.1) is 0 Å². The van der Waals surface area contributed by atoms with Gasteiger partial charge in [-0.1, -0.05) is 102 Å². The fraction of sp³-hybridized carbons (Fsp3) is 0.471. The lowest BCUT2D eigenvalue weighted by Crippen LogP contribution is -2.36. The molecule has 200 valence electrons. The normalized spacial score (nSPS) is 12.5. The summed E-state index contributed by atoms with van der Waals surface area (Å²) < 4.78 is 2.52. The van der Waals surface area contributed by atoms with Crippen molar-refractivity contribution in [1.29, 1.82) is 0 Å². The molecule has 1 aromatic heterocycles. The van der Waals surface area contributed by atoms with E-state index in [1.54, 1.807) is 0 Å². The molecule has 2 heterocycles. The van der Waals surface area contributed by atoms with Gasteiger partial charge in [0.2, 0.25) is 11.0 Å². The average molecular weight is 509 g/mol. The van der Waals surface area contributed by atoms with Gasteiger partial charge in [0.25, 0.3) is 0 Å². The number of aryl methyl sites for hydroxylation is 1. The molecule has 4 aromatic rings. The Morgan fingerprint density at radius 3 is 2.13 bits per heavy atom. The highest BCUT2D eigenvalue weighted by Gasteiger charge is 2.22. The second-order valence-electron chi connectivity index (χ2n) is 10.9. The van der Waals surface area contributed by atoms with Crippen LogP contribution in [0.4, 0.5) is 22.7 Å². The highest BCUT2D eigenvalue weighted by Crippen LogP contribution is 2.51. The first-order valence-electron chi connectivity index (χ1n) is 15.1. The van der Waals surface area contributed by atoms with Crippen LogP contribution in [0.25, 0.3) is 27.4 Å². The summed E-state index contributed by atoms with van der Waals surface area (Å²) in [7, 11) is 0. The fourth-order valence-corrected chi connectivity index (χ4v) is 5.84. The van der Waals surface area contributed by atoms with Gasteiger partial charge in [-0.2, -0.15) is 4.57 Å². The number of nitrogens with zero attached hydrogens (tertiary/aromatic N) is 4. The number of fused-ring (bicyclic) bond motifs is 4. The van der Waals surface area contributed by atoms with E-state index in [-0.39, 0.29) is 0 Å². The third kappa shape index (κ3) is 5.95. The van der Waals surface area contributed by atoms with Crippen LogP contribution in [0, 0.1) is 0 Å². The highest BCUT2D eigenvalue weighted by atomic mass is 15.2. The largest absolute Gasteiger partial charge is 0.654 e. The molecule has 0 amide bonds. The van der Waals surface area contributed by atoms with Crippen LogP contribution in [-0.4, -0.2) is 11.5 Å². The van der Waals surface area contributed by atoms with Gasteiger partial charge in [-0.05, 0) is 31.0 Å². The zero-order valence-electron chi connectivity index (χ0n) is 23.5. The van der Waals surface area contributed by atoms with Crippen molar-refractivity contribution in [2.24, 2.45) is 0 Å². The van der Waals surface area contributed by atoms with Crippen molar-refractivity contribution in [3.63, 3.8) is 0 Å². The zero-order chi connectivity index (χ0) is 26.2. The lowest BCUT2D eigenvalue weighted by molar-refractivity contribution is -0.646. The molecule has 0 atom stereocenters. The van der Waals surface area contributed by atoms with Crippen molar-refractivity contribution >= 4 is 44.8 Å². The van der Waals surface area contributed by atoms with Gasteiger partial charge < -0.3 is 10.2 Å². The molecule has 4 heteroatoms. The molecule has 0 fully saturated rings. The van der Waals surface area contributed by atoms with Gasteiger partial charge in [0, 0.05) is 36.5 Å². The number of para-hydroxylation sites is 4. The molecule has 3 aromatic carbocycles. The molecule has 0 spiro atoms. The third-order valence-corrected chi connectivity index (χ3v) is 7.95. The van der Waals surface area contributed by atoms with Crippen LogP contribution in [0.1, 0.15) is 90.9 Å². The van der Waals surface area contributed by atoms with Crippen LogP contribution in [0.15, 0.2) is 60.7 Å². The SMILES string of the molecule is CCCCCCCCN1c2ccccc2[N-]c2cc3nc4ccccc4[n+](CCCCCCCC)c3cc21. The number of hydrogen-bond acceptors (Lipinski definition) is 2. The quantitative estimate of drug-likeness (QED) is 0.0964. The Hall–Kier alpha value is -3.14. The zero-order valence-corrected chi connectivity index (χ0v) is 23.5. The summed E-state index contributed by atoms with van der Waals surface area (Å²) in [6, 6.07) is 21.8. The van der Waals surface area contributed by atoms with Crippen molar-refractivity contribution in [1.82, 2.24) is 4.98 Å². The molecule has 0 radical (unpaired) electrons. The molecule has 0 saturated carbocycles. The van der Waals surface area contributed by atoms with Gasteiger partial charge in [-0.3, -0.25) is 0 Å². The minimum absolute atomic E-state index is 1.02. The number of aromatic nitrogens is 2. The molecule has 0 N–H and O–H groups in total. The molecule has 4 nitrogen and oxygen atoms in total. The summed E-state index contributed by atoms with van der Waals surface area (Å²) in [5.41, 5.74) is 9.09. The van der Waals surface area contributed by atoms with Crippen LogP contribution in [0.5, 0.6) is 0 Å². The number of benzene rings is 3. The van der Waals surface area contributed by atoms with Crippen LogP contribution >= 0.6 is 0 Å². The lowest BCUT2D eigenvalue weighted by atomic mass is 10.1. The lowest BCUT2D eigenvalue weighted by Gasteiger charge is -2.42. The summed E-state index contributed by atoms with van der Waals surface area (Å²) in [5.74, 6) is 0. The van der Waals surface area contributed by atoms with Crippen molar-refractivity contribution < 1.29 is 4.57 Å². The molecule has 5 rings (SSSR count). The first kappa shape index (κ1) is 26.5. The summed E-state index contributed by atoms with van der Waals surface area (Å²) >= 11 is 0. The van der Waals surface area contributed by atoms with E-state index < -0.39 is 0 Å². The van der Waals surface area contributed by atoms with Crippen LogP contribution in [-0.2, 0) is 6.54 Å². The average Bonchev–Trinajstić information content (AvgIpc) is 2.94. The predicted molar refractivity (Wildman–Crippen MR) is 162 cm³/mol. The smallest absolute Gasteiger partial charge is 0.233 e. The molecule has 0 bridgehead atoms. The number of anilines is 2. The standard InChI is InChI=1S/C34H44N4/c1-3-5-7-9-11-17-23-37-31-21-15-13-19-27(31)35-29-25-30-34(26-33(29)37)38(24-18-12-10-8-6-4-2)32-22-16-14-20-28(32)36-30/h13-16,19-22,25-26H,3-12,17-18,23-24H2,1-2H3. The molecule has 1 aliphatic rings. The Balaban J connectivity index is 1.48. The van der Waals surface area contributed by atoms with Gasteiger partial charge in [-0.15, -0.1) is 11.4 Å². The van der Waals surface area contributed by atoms with Gasteiger partial charge in [0.15, 0.2) is 0 Å². The Morgan fingerprint density at radius 2 is 1.32 bits per heavy atom. The van der Waals surface area contributed by atoms with E-state index >= 15 is 0 Å². The molecular weight excluding hydrogens is 464 g/mol. The summed E-state index contributed by atoms with van der Waals surface area (Å²) in [4.78, 5) is 7.62. The fourth-order valence-electron chi connectivity index (χ4n) is 5.84. The Kier molecular flexibility index (Phi) is 9.11. The molecule has 0 aliphatic carbocycles. The van der Waals surface area contributed by atoms with Crippen molar-refractivity contribution in [2.45, 2.75) is 97.4 Å². The minimum atomic E-state index is 1.02. The Morgan fingerprint density at radius 1 is 0.632 bits per heavy atom. The van der Waals surface area contributed by atoms with Crippen LogP contribution < -0.4 is 9.47 Å². The van der Waals surface area contributed by atoms with E-state index in [0.29, 0.717) is 0 Å². The summed E-state index contributed by atoms with van der Waals surface area (Å²) in [5, 5.41) is 5.10. The Bertz CT molecular complexity index is 1350. The first-order valence-corrected chi connectivity index (χ1v) is 15.1. The maximum atomic E-state index is 5.10. The highest BCUT2D eigenvalue weighted by molar-refractivity contribution is 6.00. The second-order valence-corrected chi connectivity index (χ2v) is 10.9. The van der Waals surface area contributed by atoms with Crippen molar-refractivity contribution in [3.8, 4) is 0 Å². The van der Waals surface area contributed by atoms with E-state index in [4.69, 9.17) is 10.3 Å². The summed E-state index contributed by atoms with van der Waals surface area (Å²) in [6.45, 7) is 6.61. The van der Waals surface area contributed by atoms with E-state index in [1.807, 2.05) is 0 Å². The Labute approximate surface area is 229 Å². The van der Waals surface area contributed by atoms with E-state index in [0.717, 1.165) is 35.5 Å². The molecule has 0 saturated heterocycles. The molecule has 0 unspecified atom stereocenters. The van der Waals surface area contributed by atoms with Crippen molar-refractivity contribution in [3.05, 3.63) is 66.0 Å². The number of hydrogen-bond donors (Lipinski definition) is 0. The monoisotopic (exact) mass is 508 g/mol. The third-order valence-electron chi connectivity index (χ3n) is 7.95. The van der Waals surface area contributed by atoms with Gasteiger partial charge in [0.1, 0.15) is 17.6 Å². The topological polar surface area (TPSA) is 34.1 Å². The first-order chi connectivity index (χ1) is 18.8. The summed E-state index contributed by atoms with van der Waals surface area (Å²) in [6.07, 6.45) is 15.6. The predicted octanol–water partition coefficient (Wildman–Crippen LogP) is 10.2.